The molecule has 4 heteroatoms. The summed E-state index contributed by atoms with van der Waals surface area (Å²) in [6, 6.07) is 16.7. The van der Waals surface area contributed by atoms with Crippen molar-refractivity contribution in [2.75, 3.05) is 0 Å². The van der Waals surface area contributed by atoms with Gasteiger partial charge in [-0.15, -0.1) is 11.3 Å². The van der Waals surface area contributed by atoms with Crippen molar-refractivity contribution in [2.45, 2.75) is 106 Å². The Hall–Kier alpha value is -2.69. The van der Waals surface area contributed by atoms with Crippen LogP contribution in [0.25, 0.3) is 0 Å². The molecule has 214 valence electrons. The Kier molecular flexibility index (Phi) is 15.7. The quantitative estimate of drug-likeness (QED) is 0.269. The van der Waals surface area contributed by atoms with E-state index in [9.17, 15) is 0 Å². The van der Waals surface area contributed by atoms with E-state index in [0.717, 1.165) is 11.3 Å². The number of aliphatic hydroxyl groups is 1. The summed E-state index contributed by atoms with van der Waals surface area (Å²) >= 11 is 1.66. The number of aliphatic hydroxyl groups excluding tert-OH is 1. The number of furan rings is 1. The second-order valence-electron chi connectivity index (χ2n) is 11.2. The summed E-state index contributed by atoms with van der Waals surface area (Å²) in [6.45, 7) is 23.8. The Bertz CT molecular complexity index is 1140. The van der Waals surface area contributed by atoms with Crippen LogP contribution in [-0.2, 0) is 6.61 Å². The van der Waals surface area contributed by atoms with Gasteiger partial charge >= 0.3 is 0 Å². The Balaban J connectivity index is 0.000000264. The summed E-state index contributed by atoms with van der Waals surface area (Å²) in [5, 5.41) is 11.2. The molecule has 2 aromatic heterocycles. The first kappa shape index (κ1) is 34.3. The Morgan fingerprint density at radius 3 is 1.77 bits per heavy atom. The first-order valence-corrected chi connectivity index (χ1v) is 15.0. The fraction of sp³-hybridized carbons (Fsp3) is 0.457. The van der Waals surface area contributed by atoms with Crippen molar-refractivity contribution in [1.82, 2.24) is 4.98 Å². The van der Waals surface area contributed by atoms with Gasteiger partial charge < -0.3 is 9.52 Å². The molecule has 0 radical (unpaired) electrons. The van der Waals surface area contributed by atoms with Gasteiger partial charge in [-0.1, -0.05) is 97.4 Å². The van der Waals surface area contributed by atoms with E-state index in [1.807, 2.05) is 36.7 Å². The van der Waals surface area contributed by atoms with Crippen LogP contribution in [0.15, 0.2) is 70.1 Å². The molecule has 4 rings (SSSR count). The average Bonchev–Trinajstić information content (AvgIpc) is 3.60. The minimum Gasteiger partial charge on any atom is -0.469 e. The summed E-state index contributed by atoms with van der Waals surface area (Å²) in [6.07, 6.45) is 1.70. The van der Waals surface area contributed by atoms with Crippen molar-refractivity contribution >= 4 is 11.3 Å². The van der Waals surface area contributed by atoms with E-state index in [2.05, 4.69) is 104 Å². The number of nitrogens with zero attached hydrogens (tertiary/aromatic N) is 1. The number of aryl methyl sites for hydroxylation is 3. The molecule has 0 spiro atoms. The Morgan fingerprint density at radius 1 is 0.744 bits per heavy atom. The fourth-order valence-electron chi connectivity index (χ4n) is 4.08. The van der Waals surface area contributed by atoms with Crippen LogP contribution >= 0.6 is 11.3 Å². The number of benzene rings is 2. The zero-order chi connectivity index (χ0) is 29.5. The molecular formula is C35H51NO2S. The molecule has 0 aliphatic carbocycles. The van der Waals surface area contributed by atoms with Gasteiger partial charge in [-0.25, -0.2) is 4.98 Å². The van der Waals surface area contributed by atoms with Crippen molar-refractivity contribution in [1.29, 1.82) is 0 Å². The first-order chi connectivity index (χ1) is 18.4. The molecular weight excluding hydrogens is 498 g/mol. The number of rotatable bonds is 5. The number of hydrogen-bond acceptors (Lipinski definition) is 4. The first-order valence-electron chi connectivity index (χ1n) is 14.1. The van der Waals surface area contributed by atoms with Crippen molar-refractivity contribution < 1.29 is 9.52 Å². The minimum absolute atomic E-state index is 0.153. The molecule has 0 unspecified atom stereocenters. The van der Waals surface area contributed by atoms with Gasteiger partial charge in [0.25, 0.3) is 0 Å². The molecule has 0 aliphatic rings. The van der Waals surface area contributed by atoms with E-state index in [1.165, 1.54) is 33.5 Å². The van der Waals surface area contributed by atoms with Gasteiger partial charge in [0, 0.05) is 11.3 Å². The topological polar surface area (TPSA) is 46.3 Å². The third-order valence-corrected chi connectivity index (χ3v) is 7.03. The van der Waals surface area contributed by atoms with Crippen molar-refractivity contribution in [3.05, 3.63) is 111 Å². The monoisotopic (exact) mass is 549 g/mol. The molecule has 0 saturated heterocycles. The van der Waals surface area contributed by atoms with Crippen LogP contribution in [0.2, 0.25) is 0 Å². The van der Waals surface area contributed by atoms with E-state index in [-0.39, 0.29) is 6.61 Å². The van der Waals surface area contributed by atoms with E-state index in [1.54, 1.807) is 17.6 Å². The summed E-state index contributed by atoms with van der Waals surface area (Å²) in [5.41, 5.74) is 10.8. The van der Waals surface area contributed by atoms with E-state index in [0.29, 0.717) is 23.7 Å². The highest BCUT2D eigenvalue weighted by Gasteiger charge is 2.07. The Labute approximate surface area is 242 Å². The van der Waals surface area contributed by atoms with Crippen LogP contribution in [0.1, 0.15) is 124 Å². The number of thiazole rings is 1. The molecule has 0 atom stereocenters. The molecule has 0 fully saturated rings. The van der Waals surface area contributed by atoms with E-state index < -0.39 is 0 Å². The predicted octanol–water partition coefficient (Wildman–Crippen LogP) is 10.7. The molecule has 2 heterocycles. The predicted molar refractivity (Wildman–Crippen MR) is 170 cm³/mol. The zero-order valence-corrected chi connectivity index (χ0v) is 26.9. The lowest BCUT2D eigenvalue weighted by molar-refractivity contribution is 0.279. The number of hydrogen-bond donors (Lipinski definition) is 1. The second kappa shape index (κ2) is 17.8. The average molecular weight is 550 g/mol. The summed E-state index contributed by atoms with van der Waals surface area (Å²) in [5.74, 6) is 3.30. The fourth-order valence-corrected chi connectivity index (χ4v) is 4.80. The lowest BCUT2D eigenvalue weighted by atomic mass is 9.94. The van der Waals surface area contributed by atoms with Gasteiger partial charge in [-0.2, -0.15) is 0 Å². The highest BCUT2D eigenvalue weighted by atomic mass is 32.1. The van der Waals surface area contributed by atoms with Crippen LogP contribution in [0, 0.1) is 20.8 Å². The molecule has 39 heavy (non-hydrogen) atoms. The summed E-state index contributed by atoms with van der Waals surface area (Å²) < 4.78 is 5.09. The third kappa shape index (κ3) is 12.4. The van der Waals surface area contributed by atoms with Gasteiger partial charge in [-0.3, -0.25) is 0 Å². The van der Waals surface area contributed by atoms with Crippen LogP contribution in [-0.4, -0.2) is 10.1 Å². The maximum absolute atomic E-state index is 9.15. The van der Waals surface area contributed by atoms with Crippen LogP contribution in [0.3, 0.4) is 0 Å². The Morgan fingerprint density at radius 2 is 1.41 bits per heavy atom. The molecule has 3 nitrogen and oxygen atoms in total. The normalized spacial score (nSPS) is 10.6. The largest absolute Gasteiger partial charge is 0.469 e. The standard InChI is InChI=1S/C11H16O.C11H16.C7H10O.C6H9NS/c1-8(2)10-6-4-5-9(3)11(10)7-12;1-8(2)11-6-5-9(3)7-10(11)4;1-6(2)7-4-3-5-8-7;1-5(2)6-3-8-4-7-6/h4-6,8,12H,7H2,1-3H3;5-8H,1-4H3;3-6H,1-2H3;3-5H,1-2H3. The van der Waals surface area contributed by atoms with E-state index >= 15 is 0 Å². The smallest absolute Gasteiger partial charge is 0.106 e. The minimum atomic E-state index is 0.153. The van der Waals surface area contributed by atoms with Crippen molar-refractivity contribution in [3.8, 4) is 0 Å². The van der Waals surface area contributed by atoms with Crippen molar-refractivity contribution in [3.63, 3.8) is 0 Å². The van der Waals surface area contributed by atoms with Gasteiger partial charge in [0.2, 0.25) is 0 Å². The van der Waals surface area contributed by atoms with Crippen LogP contribution in [0.4, 0.5) is 0 Å². The van der Waals surface area contributed by atoms with Crippen molar-refractivity contribution in [2.24, 2.45) is 0 Å². The van der Waals surface area contributed by atoms with Crippen LogP contribution in [0.5, 0.6) is 0 Å². The summed E-state index contributed by atoms with van der Waals surface area (Å²) in [4.78, 5) is 4.13. The van der Waals surface area contributed by atoms with E-state index in [4.69, 9.17) is 9.52 Å². The van der Waals surface area contributed by atoms with Gasteiger partial charge in [0.05, 0.1) is 24.1 Å². The number of aromatic nitrogens is 1. The van der Waals surface area contributed by atoms with Gasteiger partial charge in [-0.05, 0) is 78.5 Å². The maximum Gasteiger partial charge on any atom is 0.106 e. The lowest BCUT2D eigenvalue weighted by Gasteiger charge is -2.12. The highest BCUT2D eigenvalue weighted by molar-refractivity contribution is 7.07. The third-order valence-electron chi connectivity index (χ3n) is 6.43. The molecule has 0 bridgehead atoms. The van der Waals surface area contributed by atoms with Gasteiger partial charge in [0.1, 0.15) is 5.76 Å². The zero-order valence-electron chi connectivity index (χ0n) is 26.1. The molecule has 0 aliphatic heterocycles. The maximum atomic E-state index is 9.15. The highest BCUT2D eigenvalue weighted by Crippen LogP contribution is 2.22. The molecule has 4 aromatic rings. The molecule has 0 saturated carbocycles. The van der Waals surface area contributed by atoms with Crippen LogP contribution < -0.4 is 0 Å². The SMILES string of the molecule is CC(C)c1ccco1.CC(C)c1cscn1.Cc1ccc(C(C)C)c(C)c1.Cc1cccc(C(C)C)c1CO. The second-order valence-corrected chi connectivity index (χ2v) is 11.9. The molecule has 1 N–H and O–H groups in total. The molecule has 2 aromatic carbocycles. The molecule has 0 amide bonds. The van der Waals surface area contributed by atoms with Gasteiger partial charge in [0.15, 0.2) is 0 Å². The lowest BCUT2D eigenvalue weighted by Crippen LogP contribution is -1.98. The summed E-state index contributed by atoms with van der Waals surface area (Å²) in [7, 11) is 0.